The molecule has 0 aromatic heterocycles. The van der Waals surface area contributed by atoms with E-state index in [0.29, 0.717) is 17.7 Å². The van der Waals surface area contributed by atoms with E-state index >= 15 is 0 Å². The Hall–Kier alpha value is -2.42. The van der Waals surface area contributed by atoms with Crippen LogP contribution < -0.4 is 5.32 Å². The van der Waals surface area contributed by atoms with Crippen molar-refractivity contribution >= 4 is 17.4 Å². The lowest BCUT2D eigenvalue weighted by molar-refractivity contribution is -0.115. The molecular weight excluding hydrogens is 286 g/mol. The number of hydrogen-bond acceptors (Lipinski definition) is 2. The summed E-state index contributed by atoms with van der Waals surface area (Å²) in [6, 6.07) is 15.2. The molecule has 2 rings (SSSR count). The summed E-state index contributed by atoms with van der Waals surface area (Å²) in [5.74, 6) is -0.0343. The van der Waals surface area contributed by atoms with Crippen LogP contribution in [0.15, 0.2) is 48.5 Å². The molecule has 0 radical (unpaired) electrons. The fourth-order valence-corrected chi connectivity index (χ4v) is 2.38. The Bertz CT molecular complexity index is 657. The van der Waals surface area contributed by atoms with Gasteiger partial charge in [0, 0.05) is 11.3 Å². The second-order valence-corrected chi connectivity index (χ2v) is 5.78. The highest BCUT2D eigenvalue weighted by Gasteiger charge is 2.05. The van der Waals surface area contributed by atoms with E-state index in [1.807, 2.05) is 12.1 Å². The number of carbonyl (C=O) groups is 2. The van der Waals surface area contributed by atoms with Gasteiger partial charge in [0.2, 0.25) is 5.91 Å². The van der Waals surface area contributed by atoms with Crippen LogP contribution in [0.1, 0.15) is 48.2 Å². The maximum atomic E-state index is 12.1. The molecule has 0 saturated carbocycles. The van der Waals surface area contributed by atoms with E-state index in [-0.39, 0.29) is 11.7 Å². The Morgan fingerprint density at radius 3 is 2.09 bits per heavy atom. The minimum Gasteiger partial charge on any atom is -0.326 e. The molecule has 0 aliphatic carbocycles. The van der Waals surface area contributed by atoms with Crippen LogP contribution in [0, 0.1) is 0 Å². The minimum absolute atomic E-state index is 0.0195. The van der Waals surface area contributed by atoms with Crippen LogP contribution in [0.3, 0.4) is 0 Å². The summed E-state index contributed by atoms with van der Waals surface area (Å²) in [6.45, 7) is 3.71. The molecule has 0 fully saturated rings. The summed E-state index contributed by atoms with van der Waals surface area (Å²) >= 11 is 0. The lowest BCUT2D eigenvalue weighted by Crippen LogP contribution is -2.14. The van der Waals surface area contributed by atoms with Crippen molar-refractivity contribution in [3.63, 3.8) is 0 Å². The Morgan fingerprint density at radius 1 is 0.913 bits per heavy atom. The third kappa shape index (κ3) is 5.37. The molecule has 1 amide bonds. The maximum absolute atomic E-state index is 12.1. The Kier molecular flexibility index (Phi) is 6.10. The topological polar surface area (TPSA) is 46.2 Å². The average molecular weight is 309 g/mol. The van der Waals surface area contributed by atoms with E-state index in [0.717, 1.165) is 12.0 Å². The van der Waals surface area contributed by atoms with Crippen LogP contribution in [0.5, 0.6) is 0 Å². The number of carbonyl (C=O) groups excluding carboxylic acids is 2. The van der Waals surface area contributed by atoms with Crippen molar-refractivity contribution in [2.75, 3.05) is 5.32 Å². The number of anilines is 1. The molecule has 0 spiro atoms. The van der Waals surface area contributed by atoms with E-state index < -0.39 is 0 Å². The largest absolute Gasteiger partial charge is 0.326 e. The number of unbranched alkanes of at least 4 members (excludes halogenated alkanes) is 1. The smallest absolute Gasteiger partial charge is 0.228 e. The highest BCUT2D eigenvalue weighted by atomic mass is 16.1. The SMILES string of the molecule is CCCCc1ccc(CC(=O)Nc2ccc(C(C)=O)cc2)cc1. The van der Waals surface area contributed by atoms with Crippen molar-refractivity contribution in [1.82, 2.24) is 0 Å². The van der Waals surface area contributed by atoms with Gasteiger partial charge in [0.05, 0.1) is 6.42 Å². The summed E-state index contributed by atoms with van der Waals surface area (Å²) in [4.78, 5) is 23.3. The molecule has 120 valence electrons. The third-order valence-corrected chi connectivity index (χ3v) is 3.78. The zero-order valence-electron chi connectivity index (χ0n) is 13.8. The molecule has 3 heteroatoms. The van der Waals surface area contributed by atoms with Gasteiger partial charge in [-0.15, -0.1) is 0 Å². The fraction of sp³-hybridized carbons (Fsp3) is 0.300. The highest BCUT2D eigenvalue weighted by Crippen LogP contribution is 2.12. The van der Waals surface area contributed by atoms with Gasteiger partial charge in [-0.1, -0.05) is 37.6 Å². The van der Waals surface area contributed by atoms with Crippen molar-refractivity contribution in [2.45, 2.75) is 39.5 Å². The van der Waals surface area contributed by atoms with Crippen LogP contribution in [0.2, 0.25) is 0 Å². The number of nitrogens with one attached hydrogen (secondary N) is 1. The number of Topliss-reactive ketones (excluding diaryl/α,β-unsaturated/α-hetero) is 1. The first kappa shape index (κ1) is 16.9. The summed E-state index contributed by atoms with van der Waals surface area (Å²) in [6.07, 6.45) is 3.82. The Morgan fingerprint density at radius 2 is 1.52 bits per heavy atom. The van der Waals surface area contributed by atoms with Gasteiger partial charge in [0.15, 0.2) is 5.78 Å². The van der Waals surface area contributed by atoms with Crippen LogP contribution in [0.4, 0.5) is 5.69 Å². The van der Waals surface area contributed by atoms with Crippen molar-refractivity contribution < 1.29 is 9.59 Å². The first-order valence-corrected chi connectivity index (χ1v) is 8.07. The third-order valence-electron chi connectivity index (χ3n) is 3.78. The quantitative estimate of drug-likeness (QED) is 0.770. The number of ketones is 1. The zero-order valence-corrected chi connectivity index (χ0v) is 13.8. The van der Waals surface area contributed by atoms with Crippen molar-refractivity contribution in [3.8, 4) is 0 Å². The van der Waals surface area contributed by atoms with E-state index in [9.17, 15) is 9.59 Å². The van der Waals surface area contributed by atoms with E-state index in [1.54, 1.807) is 24.3 Å². The van der Waals surface area contributed by atoms with Crippen molar-refractivity contribution in [1.29, 1.82) is 0 Å². The van der Waals surface area contributed by atoms with Crippen LogP contribution >= 0.6 is 0 Å². The highest BCUT2D eigenvalue weighted by molar-refractivity contribution is 5.96. The lowest BCUT2D eigenvalue weighted by Gasteiger charge is -2.07. The van der Waals surface area contributed by atoms with Crippen LogP contribution in [-0.2, 0) is 17.6 Å². The predicted octanol–water partition coefficient (Wildman–Crippen LogP) is 4.41. The molecule has 3 nitrogen and oxygen atoms in total. The molecule has 0 unspecified atom stereocenters. The zero-order chi connectivity index (χ0) is 16.7. The number of hydrogen-bond donors (Lipinski definition) is 1. The first-order chi connectivity index (χ1) is 11.1. The Balaban J connectivity index is 1.90. The Labute approximate surface area is 137 Å². The standard InChI is InChI=1S/C20H23NO2/c1-3-4-5-16-6-8-17(9-7-16)14-20(23)21-19-12-10-18(11-13-19)15(2)22/h6-13H,3-5,14H2,1-2H3,(H,21,23). The molecule has 0 saturated heterocycles. The van der Waals surface area contributed by atoms with Crippen LogP contribution in [0.25, 0.3) is 0 Å². The normalized spacial score (nSPS) is 10.3. The second-order valence-electron chi connectivity index (χ2n) is 5.78. The summed E-state index contributed by atoms with van der Waals surface area (Å²) in [7, 11) is 0. The number of benzene rings is 2. The number of rotatable bonds is 7. The molecule has 1 N–H and O–H groups in total. The van der Waals surface area contributed by atoms with Crippen molar-refractivity contribution in [3.05, 3.63) is 65.2 Å². The molecule has 0 aliphatic rings. The van der Waals surface area contributed by atoms with E-state index in [4.69, 9.17) is 0 Å². The van der Waals surface area contributed by atoms with E-state index in [2.05, 4.69) is 24.4 Å². The van der Waals surface area contributed by atoms with Gasteiger partial charge in [0.25, 0.3) is 0 Å². The summed E-state index contributed by atoms with van der Waals surface area (Å²) in [5.41, 5.74) is 3.67. The number of amides is 1. The minimum atomic E-state index is -0.0538. The summed E-state index contributed by atoms with van der Waals surface area (Å²) < 4.78 is 0. The van der Waals surface area contributed by atoms with Gasteiger partial charge >= 0.3 is 0 Å². The molecule has 0 bridgehead atoms. The fourth-order valence-electron chi connectivity index (χ4n) is 2.38. The molecular formula is C20H23NO2. The molecule has 2 aromatic carbocycles. The van der Waals surface area contributed by atoms with Gasteiger partial charge < -0.3 is 5.32 Å². The van der Waals surface area contributed by atoms with Crippen LogP contribution in [-0.4, -0.2) is 11.7 Å². The van der Waals surface area contributed by atoms with Gasteiger partial charge in [-0.3, -0.25) is 9.59 Å². The number of aryl methyl sites for hydroxylation is 1. The molecule has 0 atom stereocenters. The molecule has 2 aromatic rings. The summed E-state index contributed by atoms with van der Waals surface area (Å²) in [5, 5.41) is 2.86. The lowest BCUT2D eigenvalue weighted by atomic mass is 10.0. The van der Waals surface area contributed by atoms with Gasteiger partial charge in [0.1, 0.15) is 0 Å². The average Bonchev–Trinajstić information content (AvgIpc) is 2.54. The molecule has 0 aliphatic heterocycles. The van der Waals surface area contributed by atoms with Gasteiger partial charge in [-0.25, -0.2) is 0 Å². The first-order valence-electron chi connectivity index (χ1n) is 8.07. The molecule has 23 heavy (non-hydrogen) atoms. The second kappa shape index (κ2) is 8.28. The van der Waals surface area contributed by atoms with E-state index in [1.165, 1.54) is 25.3 Å². The monoisotopic (exact) mass is 309 g/mol. The maximum Gasteiger partial charge on any atom is 0.228 e. The van der Waals surface area contributed by atoms with Gasteiger partial charge in [-0.2, -0.15) is 0 Å². The van der Waals surface area contributed by atoms with Crippen molar-refractivity contribution in [2.24, 2.45) is 0 Å². The predicted molar refractivity (Wildman–Crippen MR) is 93.8 cm³/mol. The van der Waals surface area contributed by atoms with Gasteiger partial charge in [-0.05, 0) is 55.2 Å². The molecule has 0 heterocycles.